The lowest BCUT2D eigenvalue weighted by molar-refractivity contribution is -0.138. The van der Waals surface area contributed by atoms with Gasteiger partial charge in [-0.1, -0.05) is 18.2 Å². The zero-order chi connectivity index (χ0) is 16.9. The average molecular weight is 330 g/mol. The third kappa shape index (κ3) is 3.60. The van der Waals surface area contributed by atoms with Gasteiger partial charge in [0.25, 0.3) is 5.91 Å². The Bertz CT molecular complexity index is 723. The van der Waals surface area contributed by atoms with E-state index in [0.717, 1.165) is 5.69 Å². The number of carbonyl (C=O) groups excluding carboxylic acids is 2. The standard InChI is InChI=1S/C16H18N4O4/c1-12-15(18-20(17-12)13-5-3-2-4-6-13)16(22)24-11-14(21)19-7-9-23-10-8-19/h2-6H,7-11H2,1H3. The van der Waals surface area contributed by atoms with Crippen molar-refractivity contribution in [1.82, 2.24) is 19.9 Å². The number of amides is 1. The van der Waals surface area contributed by atoms with Gasteiger partial charge in [0.05, 0.1) is 24.6 Å². The second-order valence-electron chi connectivity index (χ2n) is 5.33. The first-order valence-corrected chi connectivity index (χ1v) is 7.67. The van der Waals surface area contributed by atoms with Crippen LogP contribution in [0.3, 0.4) is 0 Å². The molecule has 3 rings (SSSR count). The Morgan fingerprint density at radius 3 is 2.58 bits per heavy atom. The van der Waals surface area contributed by atoms with Crippen molar-refractivity contribution in [1.29, 1.82) is 0 Å². The van der Waals surface area contributed by atoms with Crippen molar-refractivity contribution in [3.63, 3.8) is 0 Å². The molecule has 8 nitrogen and oxygen atoms in total. The molecule has 2 aromatic rings. The van der Waals surface area contributed by atoms with Gasteiger partial charge in [-0.05, 0) is 19.1 Å². The number of benzene rings is 1. The summed E-state index contributed by atoms with van der Waals surface area (Å²) in [5.74, 6) is -0.893. The molecule has 24 heavy (non-hydrogen) atoms. The highest BCUT2D eigenvalue weighted by molar-refractivity contribution is 5.90. The van der Waals surface area contributed by atoms with Crippen molar-refractivity contribution in [3.05, 3.63) is 41.7 Å². The molecule has 0 unspecified atom stereocenters. The lowest BCUT2D eigenvalue weighted by Crippen LogP contribution is -2.42. The largest absolute Gasteiger partial charge is 0.451 e. The normalized spacial score (nSPS) is 14.5. The minimum atomic E-state index is -0.656. The first kappa shape index (κ1) is 16.1. The number of esters is 1. The van der Waals surface area contributed by atoms with Crippen LogP contribution in [0.5, 0.6) is 0 Å². The maximum atomic E-state index is 12.2. The number of aryl methyl sites for hydroxylation is 1. The Balaban J connectivity index is 1.63. The highest BCUT2D eigenvalue weighted by Crippen LogP contribution is 2.09. The lowest BCUT2D eigenvalue weighted by atomic mass is 10.3. The van der Waals surface area contributed by atoms with Gasteiger partial charge < -0.3 is 14.4 Å². The van der Waals surface area contributed by atoms with Crippen molar-refractivity contribution in [3.8, 4) is 5.69 Å². The van der Waals surface area contributed by atoms with Crippen LogP contribution in [0, 0.1) is 6.92 Å². The number of morpholine rings is 1. The van der Waals surface area contributed by atoms with Gasteiger partial charge in [-0.3, -0.25) is 4.79 Å². The van der Waals surface area contributed by atoms with Gasteiger partial charge in [-0.2, -0.15) is 9.90 Å². The molecule has 1 saturated heterocycles. The summed E-state index contributed by atoms with van der Waals surface area (Å²) in [6, 6.07) is 9.25. The molecule has 1 aliphatic heterocycles. The molecule has 1 fully saturated rings. The van der Waals surface area contributed by atoms with Crippen LogP contribution in [0.15, 0.2) is 30.3 Å². The molecular weight excluding hydrogens is 312 g/mol. The van der Waals surface area contributed by atoms with Gasteiger partial charge >= 0.3 is 5.97 Å². The Morgan fingerprint density at radius 2 is 1.88 bits per heavy atom. The SMILES string of the molecule is Cc1nn(-c2ccccc2)nc1C(=O)OCC(=O)N1CCOCC1. The van der Waals surface area contributed by atoms with Gasteiger partial charge in [-0.25, -0.2) is 4.79 Å². The number of nitrogens with zero attached hydrogens (tertiary/aromatic N) is 4. The van der Waals surface area contributed by atoms with Gasteiger partial charge in [0.2, 0.25) is 0 Å². The molecule has 2 heterocycles. The fraction of sp³-hybridized carbons (Fsp3) is 0.375. The molecular formula is C16H18N4O4. The molecule has 1 amide bonds. The molecule has 0 atom stereocenters. The average Bonchev–Trinajstić information content (AvgIpc) is 3.03. The van der Waals surface area contributed by atoms with Gasteiger partial charge in [0, 0.05) is 13.1 Å². The molecule has 0 bridgehead atoms. The quantitative estimate of drug-likeness (QED) is 0.763. The number of ether oxygens (including phenoxy) is 2. The highest BCUT2D eigenvalue weighted by Gasteiger charge is 2.22. The van der Waals surface area contributed by atoms with Crippen LogP contribution in [0.4, 0.5) is 0 Å². The van der Waals surface area contributed by atoms with Crippen LogP contribution in [0.25, 0.3) is 5.69 Å². The smallest absolute Gasteiger partial charge is 0.361 e. The topological polar surface area (TPSA) is 86.6 Å². The van der Waals surface area contributed by atoms with Crippen molar-refractivity contribution in [2.24, 2.45) is 0 Å². The Hall–Kier alpha value is -2.74. The Kier molecular flexibility index (Phi) is 4.85. The second-order valence-corrected chi connectivity index (χ2v) is 5.33. The second kappa shape index (κ2) is 7.22. The summed E-state index contributed by atoms with van der Waals surface area (Å²) in [6.07, 6.45) is 0. The summed E-state index contributed by atoms with van der Waals surface area (Å²) in [5, 5.41) is 8.37. The third-order valence-corrected chi connectivity index (χ3v) is 3.65. The lowest BCUT2D eigenvalue weighted by Gasteiger charge is -2.26. The number of aromatic nitrogens is 3. The predicted octanol–water partition coefficient (Wildman–Crippen LogP) is 0.591. The molecule has 0 aliphatic carbocycles. The summed E-state index contributed by atoms with van der Waals surface area (Å²) >= 11 is 0. The van der Waals surface area contributed by atoms with Crippen molar-refractivity contribution >= 4 is 11.9 Å². The minimum Gasteiger partial charge on any atom is -0.451 e. The van der Waals surface area contributed by atoms with Gasteiger partial charge in [-0.15, -0.1) is 5.10 Å². The molecule has 126 valence electrons. The van der Waals surface area contributed by atoms with Gasteiger partial charge in [0.1, 0.15) is 0 Å². The van der Waals surface area contributed by atoms with E-state index < -0.39 is 5.97 Å². The monoisotopic (exact) mass is 330 g/mol. The van der Waals surface area contributed by atoms with E-state index in [4.69, 9.17) is 9.47 Å². The number of para-hydroxylation sites is 1. The summed E-state index contributed by atoms with van der Waals surface area (Å²) < 4.78 is 10.3. The van der Waals surface area contributed by atoms with E-state index in [-0.39, 0.29) is 18.2 Å². The Morgan fingerprint density at radius 1 is 1.17 bits per heavy atom. The van der Waals surface area contributed by atoms with Crippen LogP contribution in [-0.4, -0.2) is 64.7 Å². The maximum Gasteiger partial charge on any atom is 0.361 e. The number of carbonyl (C=O) groups is 2. The maximum absolute atomic E-state index is 12.2. The van der Waals surface area contributed by atoms with E-state index in [2.05, 4.69) is 10.2 Å². The molecule has 1 aromatic heterocycles. The van der Waals surface area contributed by atoms with E-state index >= 15 is 0 Å². The summed E-state index contributed by atoms with van der Waals surface area (Å²) in [7, 11) is 0. The van der Waals surface area contributed by atoms with Crippen LogP contribution in [-0.2, 0) is 14.3 Å². The van der Waals surface area contributed by atoms with E-state index in [1.807, 2.05) is 30.3 Å². The molecule has 8 heteroatoms. The van der Waals surface area contributed by atoms with E-state index in [0.29, 0.717) is 32.0 Å². The highest BCUT2D eigenvalue weighted by atomic mass is 16.5. The Labute approximate surface area is 139 Å². The summed E-state index contributed by atoms with van der Waals surface area (Å²) in [4.78, 5) is 27.1. The first-order valence-electron chi connectivity index (χ1n) is 7.67. The molecule has 0 N–H and O–H groups in total. The predicted molar refractivity (Wildman–Crippen MR) is 83.8 cm³/mol. The van der Waals surface area contributed by atoms with Crippen LogP contribution >= 0.6 is 0 Å². The van der Waals surface area contributed by atoms with Crippen LogP contribution in [0.1, 0.15) is 16.2 Å². The van der Waals surface area contributed by atoms with Crippen molar-refractivity contribution in [2.45, 2.75) is 6.92 Å². The number of rotatable bonds is 4. The zero-order valence-electron chi connectivity index (χ0n) is 13.3. The van der Waals surface area contributed by atoms with Crippen LogP contribution in [0.2, 0.25) is 0 Å². The van der Waals surface area contributed by atoms with Crippen molar-refractivity contribution < 1.29 is 19.1 Å². The number of hydrogen-bond donors (Lipinski definition) is 0. The molecule has 1 aromatic carbocycles. The molecule has 1 aliphatic rings. The third-order valence-electron chi connectivity index (χ3n) is 3.65. The molecule has 0 spiro atoms. The van der Waals surface area contributed by atoms with Crippen LogP contribution < -0.4 is 0 Å². The van der Waals surface area contributed by atoms with Crippen molar-refractivity contribution in [2.75, 3.05) is 32.9 Å². The first-order chi connectivity index (χ1) is 11.6. The summed E-state index contributed by atoms with van der Waals surface area (Å²) in [6.45, 7) is 3.40. The van der Waals surface area contributed by atoms with E-state index in [1.165, 1.54) is 4.80 Å². The van der Waals surface area contributed by atoms with E-state index in [9.17, 15) is 9.59 Å². The van der Waals surface area contributed by atoms with E-state index in [1.54, 1.807) is 11.8 Å². The fourth-order valence-corrected chi connectivity index (χ4v) is 2.34. The molecule has 0 saturated carbocycles. The zero-order valence-corrected chi connectivity index (χ0v) is 13.3. The van der Waals surface area contributed by atoms with Gasteiger partial charge in [0.15, 0.2) is 12.3 Å². The number of hydrogen-bond acceptors (Lipinski definition) is 6. The minimum absolute atomic E-state index is 0.105. The molecule has 0 radical (unpaired) electrons. The fourth-order valence-electron chi connectivity index (χ4n) is 2.34. The summed E-state index contributed by atoms with van der Waals surface area (Å²) in [5.41, 5.74) is 1.29.